The molecule has 1 aromatic rings. The Morgan fingerprint density at radius 1 is 1.54 bits per heavy atom. The van der Waals surface area contributed by atoms with Crippen molar-refractivity contribution in [3.05, 3.63) is 17.0 Å². The molecule has 0 aliphatic heterocycles. The van der Waals surface area contributed by atoms with E-state index in [4.69, 9.17) is 5.73 Å². The number of nitrogens with two attached hydrogens (primary N) is 1. The van der Waals surface area contributed by atoms with Gasteiger partial charge >= 0.3 is 0 Å². The first-order chi connectivity index (χ1) is 6.31. The molecule has 1 atom stereocenters. The van der Waals surface area contributed by atoms with Gasteiger partial charge in [-0.15, -0.1) is 0 Å². The highest BCUT2D eigenvalue weighted by molar-refractivity contribution is 5.29. The number of hydrogen-bond donors (Lipinski definition) is 3. The van der Waals surface area contributed by atoms with Crippen molar-refractivity contribution in [3.8, 4) is 0 Å². The third-order valence-corrected chi connectivity index (χ3v) is 2.59. The third-order valence-electron chi connectivity index (χ3n) is 2.59. The summed E-state index contributed by atoms with van der Waals surface area (Å²) in [4.78, 5) is 0. The van der Waals surface area contributed by atoms with Crippen molar-refractivity contribution in [1.29, 1.82) is 0 Å². The van der Waals surface area contributed by atoms with Crippen molar-refractivity contribution in [2.24, 2.45) is 5.73 Å². The van der Waals surface area contributed by atoms with Gasteiger partial charge in [-0.2, -0.15) is 5.10 Å². The summed E-state index contributed by atoms with van der Waals surface area (Å²) >= 11 is 0. The maximum atomic E-state index is 9.38. The van der Waals surface area contributed by atoms with E-state index in [-0.39, 0.29) is 0 Å². The lowest BCUT2D eigenvalue weighted by atomic mass is 10.1. The molecule has 0 spiro atoms. The van der Waals surface area contributed by atoms with Gasteiger partial charge in [-0.3, -0.25) is 5.10 Å². The Bertz CT molecular complexity index is 295. The minimum Gasteiger partial charge on any atom is -0.391 e. The van der Waals surface area contributed by atoms with E-state index in [0.717, 1.165) is 18.5 Å². The van der Waals surface area contributed by atoms with Crippen LogP contribution in [0.5, 0.6) is 0 Å². The second kappa shape index (κ2) is 3.47. The van der Waals surface area contributed by atoms with Crippen LogP contribution in [0.15, 0.2) is 0 Å². The van der Waals surface area contributed by atoms with E-state index in [1.165, 1.54) is 17.7 Å². The number of H-pyrrole nitrogens is 1. The van der Waals surface area contributed by atoms with Crippen LogP contribution >= 0.6 is 0 Å². The van der Waals surface area contributed by atoms with Gasteiger partial charge in [0.05, 0.1) is 11.8 Å². The molecule has 72 valence electrons. The predicted octanol–water partition coefficient (Wildman–Crippen LogP) is -0.240. The minimum atomic E-state index is -0.451. The monoisotopic (exact) mass is 181 g/mol. The first kappa shape index (κ1) is 8.72. The molecule has 0 radical (unpaired) electrons. The molecule has 1 aliphatic carbocycles. The van der Waals surface area contributed by atoms with Gasteiger partial charge in [0.15, 0.2) is 0 Å². The van der Waals surface area contributed by atoms with E-state index >= 15 is 0 Å². The van der Waals surface area contributed by atoms with Crippen molar-refractivity contribution < 1.29 is 5.11 Å². The summed E-state index contributed by atoms with van der Waals surface area (Å²) in [6, 6.07) is 0. The van der Waals surface area contributed by atoms with Gasteiger partial charge in [0.25, 0.3) is 0 Å². The number of aromatic nitrogens is 2. The molecule has 0 fully saturated rings. The Labute approximate surface area is 77.1 Å². The van der Waals surface area contributed by atoms with Crippen molar-refractivity contribution in [1.82, 2.24) is 10.2 Å². The van der Waals surface area contributed by atoms with Gasteiger partial charge in [0, 0.05) is 18.7 Å². The SMILES string of the molecule is NCC(O)Cc1n[nH]c2c1CCC2. The molecule has 13 heavy (non-hydrogen) atoms. The summed E-state index contributed by atoms with van der Waals surface area (Å²) in [7, 11) is 0. The van der Waals surface area contributed by atoms with Crippen LogP contribution in [0, 0.1) is 0 Å². The zero-order valence-corrected chi connectivity index (χ0v) is 7.58. The fourth-order valence-corrected chi connectivity index (χ4v) is 1.86. The molecular formula is C9H15N3O. The van der Waals surface area contributed by atoms with Crippen molar-refractivity contribution in [2.75, 3.05) is 6.54 Å². The van der Waals surface area contributed by atoms with Gasteiger partial charge in [-0.25, -0.2) is 0 Å². The number of aromatic amines is 1. The second-order valence-corrected chi connectivity index (χ2v) is 3.57. The molecule has 1 heterocycles. The highest BCUT2D eigenvalue weighted by Gasteiger charge is 2.19. The molecule has 2 rings (SSSR count). The van der Waals surface area contributed by atoms with Crippen LogP contribution < -0.4 is 5.73 Å². The number of aliphatic hydroxyl groups excluding tert-OH is 1. The van der Waals surface area contributed by atoms with Crippen molar-refractivity contribution in [2.45, 2.75) is 31.8 Å². The lowest BCUT2D eigenvalue weighted by Crippen LogP contribution is -2.22. The molecule has 4 heteroatoms. The van der Waals surface area contributed by atoms with E-state index in [2.05, 4.69) is 10.2 Å². The summed E-state index contributed by atoms with van der Waals surface area (Å²) in [5, 5.41) is 16.6. The zero-order valence-electron chi connectivity index (χ0n) is 7.58. The Balaban J connectivity index is 2.12. The molecule has 0 amide bonds. The molecule has 1 aromatic heterocycles. The van der Waals surface area contributed by atoms with E-state index in [1.807, 2.05) is 0 Å². The average Bonchev–Trinajstić information content (AvgIpc) is 2.69. The van der Waals surface area contributed by atoms with Crippen LogP contribution in [0.1, 0.15) is 23.4 Å². The van der Waals surface area contributed by atoms with Gasteiger partial charge in [-0.05, 0) is 24.8 Å². The van der Waals surface area contributed by atoms with Crippen LogP contribution in [0.3, 0.4) is 0 Å². The van der Waals surface area contributed by atoms with E-state index in [1.54, 1.807) is 0 Å². The minimum absolute atomic E-state index is 0.307. The maximum absolute atomic E-state index is 9.38. The normalized spacial score (nSPS) is 17.4. The first-order valence-electron chi connectivity index (χ1n) is 4.74. The Hall–Kier alpha value is -0.870. The molecule has 4 N–H and O–H groups in total. The van der Waals surface area contributed by atoms with Gasteiger partial charge in [0.2, 0.25) is 0 Å². The highest BCUT2D eigenvalue weighted by Crippen LogP contribution is 2.23. The molecule has 1 aliphatic rings. The largest absolute Gasteiger partial charge is 0.391 e. The number of fused-ring (bicyclic) bond motifs is 1. The molecular weight excluding hydrogens is 166 g/mol. The first-order valence-corrected chi connectivity index (χ1v) is 4.74. The van der Waals surface area contributed by atoms with E-state index in [9.17, 15) is 5.11 Å². The fourth-order valence-electron chi connectivity index (χ4n) is 1.86. The van der Waals surface area contributed by atoms with Crippen molar-refractivity contribution in [3.63, 3.8) is 0 Å². The molecule has 0 saturated heterocycles. The number of hydrogen-bond acceptors (Lipinski definition) is 3. The smallest absolute Gasteiger partial charge is 0.0718 e. The van der Waals surface area contributed by atoms with Crippen LogP contribution in [-0.2, 0) is 19.3 Å². The number of nitrogens with zero attached hydrogens (tertiary/aromatic N) is 1. The lowest BCUT2D eigenvalue weighted by molar-refractivity contribution is 0.182. The second-order valence-electron chi connectivity index (χ2n) is 3.57. The van der Waals surface area contributed by atoms with Crippen molar-refractivity contribution >= 4 is 0 Å². The van der Waals surface area contributed by atoms with Gasteiger partial charge in [-0.1, -0.05) is 0 Å². The summed E-state index contributed by atoms with van der Waals surface area (Å²) in [5.74, 6) is 0. The lowest BCUT2D eigenvalue weighted by Gasteiger charge is -2.05. The Morgan fingerprint density at radius 3 is 3.15 bits per heavy atom. The summed E-state index contributed by atoms with van der Waals surface area (Å²) < 4.78 is 0. The Morgan fingerprint density at radius 2 is 2.38 bits per heavy atom. The summed E-state index contributed by atoms with van der Waals surface area (Å²) in [5.41, 5.74) is 8.91. The van der Waals surface area contributed by atoms with E-state index in [0.29, 0.717) is 13.0 Å². The number of aliphatic hydroxyl groups is 1. The molecule has 0 bridgehead atoms. The molecule has 1 unspecified atom stereocenters. The zero-order chi connectivity index (χ0) is 9.26. The molecule has 0 saturated carbocycles. The maximum Gasteiger partial charge on any atom is 0.0718 e. The Kier molecular flexibility index (Phi) is 2.33. The number of nitrogens with one attached hydrogen (secondary N) is 1. The third kappa shape index (κ3) is 1.59. The summed E-state index contributed by atoms with van der Waals surface area (Å²) in [6.45, 7) is 0.307. The van der Waals surface area contributed by atoms with Gasteiger partial charge in [0.1, 0.15) is 0 Å². The topological polar surface area (TPSA) is 74.9 Å². The van der Waals surface area contributed by atoms with Crippen LogP contribution in [0.25, 0.3) is 0 Å². The highest BCUT2D eigenvalue weighted by atomic mass is 16.3. The fraction of sp³-hybridized carbons (Fsp3) is 0.667. The summed E-state index contributed by atoms with van der Waals surface area (Å²) in [6.07, 6.45) is 3.53. The molecule has 4 nitrogen and oxygen atoms in total. The van der Waals surface area contributed by atoms with Gasteiger partial charge < -0.3 is 10.8 Å². The number of rotatable bonds is 3. The van der Waals surface area contributed by atoms with Crippen LogP contribution in [0.4, 0.5) is 0 Å². The predicted molar refractivity (Wildman–Crippen MR) is 49.4 cm³/mol. The standard InChI is InChI=1S/C9H15N3O/c10-5-6(13)4-9-7-2-1-3-8(7)11-12-9/h6,13H,1-5,10H2,(H,11,12). The van der Waals surface area contributed by atoms with E-state index < -0.39 is 6.10 Å². The molecule has 0 aromatic carbocycles. The quantitative estimate of drug-likeness (QED) is 0.602. The number of aryl methyl sites for hydroxylation is 1. The average molecular weight is 181 g/mol. The van der Waals surface area contributed by atoms with Crippen LogP contribution in [-0.4, -0.2) is 28.0 Å². The van der Waals surface area contributed by atoms with Crippen LogP contribution in [0.2, 0.25) is 0 Å².